The van der Waals surface area contributed by atoms with E-state index in [1.165, 1.54) is 0 Å². The molecule has 5 heteroatoms. The Hall–Kier alpha value is -1.29. The lowest BCUT2D eigenvalue weighted by atomic mass is 9.96. The fourth-order valence-electron chi connectivity index (χ4n) is 2.69. The molecule has 0 bridgehead atoms. The standard InChI is InChI=1S/C13H15ClN2O2/c14-9-7-10(13(3-4-13)12(17)18)11(15-8-9)16-5-1-2-6-16/h7-8H,1-6H2,(H,17,18). The van der Waals surface area contributed by atoms with Crippen molar-refractivity contribution in [3.63, 3.8) is 0 Å². The molecular formula is C13H15ClN2O2. The van der Waals surface area contributed by atoms with E-state index in [0.717, 1.165) is 37.3 Å². The number of hydrogen-bond donors (Lipinski definition) is 1. The molecule has 3 rings (SSSR count). The Bertz CT molecular complexity index is 494. The van der Waals surface area contributed by atoms with E-state index in [4.69, 9.17) is 11.6 Å². The molecule has 0 radical (unpaired) electrons. The quantitative estimate of drug-likeness (QED) is 0.913. The lowest BCUT2D eigenvalue weighted by Gasteiger charge is -2.23. The van der Waals surface area contributed by atoms with Crippen LogP contribution in [0.5, 0.6) is 0 Å². The van der Waals surface area contributed by atoms with Crippen molar-refractivity contribution in [2.24, 2.45) is 0 Å². The number of halogens is 1. The summed E-state index contributed by atoms with van der Waals surface area (Å²) in [6.45, 7) is 1.91. The van der Waals surface area contributed by atoms with Gasteiger partial charge in [-0.3, -0.25) is 4.79 Å². The van der Waals surface area contributed by atoms with Crippen LogP contribution in [0.4, 0.5) is 5.82 Å². The van der Waals surface area contributed by atoms with Crippen LogP contribution in [0.15, 0.2) is 12.3 Å². The van der Waals surface area contributed by atoms with Gasteiger partial charge in [0.05, 0.1) is 10.4 Å². The van der Waals surface area contributed by atoms with Crippen molar-refractivity contribution in [1.29, 1.82) is 0 Å². The molecule has 1 saturated heterocycles. The van der Waals surface area contributed by atoms with Crippen LogP contribution in [0, 0.1) is 0 Å². The minimum Gasteiger partial charge on any atom is -0.481 e. The van der Waals surface area contributed by atoms with E-state index in [1.54, 1.807) is 12.3 Å². The third-order valence-corrected chi connectivity index (χ3v) is 4.12. The second-order valence-electron chi connectivity index (χ2n) is 5.11. The van der Waals surface area contributed by atoms with E-state index >= 15 is 0 Å². The lowest BCUT2D eigenvalue weighted by Crippen LogP contribution is -2.27. The van der Waals surface area contributed by atoms with E-state index in [0.29, 0.717) is 17.9 Å². The first-order valence-electron chi connectivity index (χ1n) is 6.28. The predicted molar refractivity (Wildman–Crippen MR) is 69.2 cm³/mol. The maximum atomic E-state index is 11.5. The second-order valence-corrected chi connectivity index (χ2v) is 5.54. The molecule has 4 nitrogen and oxygen atoms in total. The number of anilines is 1. The van der Waals surface area contributed by atoms with E-state index < -0.39 is 11.4 Å². The Balaban J connectivity index is 2.06. The highest BCUT2D eigenvalue weighted by Crippen LogP contribution is 2.51. The Kier molecular flexibility index (Phi) is 2.70. The van der Waals surface area contributed by atoms with Gasteiger partial charge in [0.25, 0.3) is 0 Å². The largest absolute Gasteiger partial charge is 0.481 e. The van der Waals surface area contributed by atoms with Gasteiger partial charge in [-0.05, 0) is 31.7 Å². The molecule has 1 aliphatic heterocycles. The zero-order valence-corrected chi connectivity index (χ0v) is 10.8. The maximum Gasteiger partial charge on any atom is 0.314 e. The fourth-order valence-corrected chi connectivity index (χ4v) is 2.85. The van der Waals surface area contributed by atoms with Crippen molar-refractivity contribution in [2.75, 3.05) is 18.0 Å². The van der Waals surface area contributed by atoms with Gasteiger partial charge in [-0.15, -0.1) is 0 Å². The molecule has 1 saturated carbocycles. The molecule has 1 aromatic rings. The predicted octanol–water partition coefficient (Wildman–Crippen LogP) is 2.45. The van der Waals surface area contributed by atoms with Crippen molar-refractivity contribution < 1.29 is 9.90 Å². The number of carboxylic acids is 1. The Morgan fingerprint density at radius 1 is 1.39 bits per heavy atom. The van der Waals surface area contributed by atoms with Gasteiger partial charge < -0.3 is 10.0 Å². The van der Waals surface area contributed by atoms with Crippen molar-refractivity contribution >= 4 is 23.4 Å². The zero-order chi connectivity index (χ0) is 12.8. The average molecular weight is 267 g/mol. The summed E-state index contributed by atoms with van der Waals surface area (Å²) >= 11 is 5.99. The maximum absolute atomic E-state index is 11.5. The zero-order valence-electron chi connectivity index (χ0n) is 10.0. The number of nitrogens with zero attached hydrogens (tertiary/aromatic N) is 2. The summed E-state index contributed by atoms with van der Waals surface area (Å²) in [5.74, 6) is 0.0591. The summed E-state index contributed by atoms with van der Waals surface area (Å²) in [5, 5.41) is 9.94. The van der Waals surface area contributed by atoms with E-state index in [9.17, 15) is 9.90 Å². The van der Waals surface area contributed by atoms with Crippen LogP contribution in [-0.4, -0.2) is 29.1 Å². The van der Waals surface area contributed by atoms with Crippen LogP contribution in [0.2, 0.25) is 5.02 Å². The van der Waals surface area contributed by atoms with Gasteiger partial charge in [-0.2, -0.15) is 0 Å². The van der Waals surface area contributed by atoms with Crippen LogP contribution >= 0.6 is 11.6 Å². The number of rotatable bonds is 3. The van der Waals surface area contributed by atoms with Crippen molar-refractivity contribution in [2.45, 2.75) is 31.1 Å². The van der Waals surface area contributed by atoms with Gasteiger partial charge in [-0.25, -0.2) is 4.98 Å². The number of hydrogen-bond acceptors (Lipinski definition) is 3. The Morgan fingerprint density at radius 3 is 2.61 bits per heavy atom. The highest BCUT2D eigenvalue weighted by atomic mass is 35.5. The molecule has 2 heterocycles. The van der Waals surface area contributed by atoms with Gasteiger partial charge in [0.2, 0.25) is 0 Å². The molecule has 0 aromatic carbocycles. The summed E-state index contributed by atoms with van der Waals surface area (Å²) in [6.07, 6.45) is 5.26. The average Bonchev–Trinajstić information content (AvgIpc) is 2.99. The van der Waals surface area contributed by atoms with E-state index in [-0.39, 0.29) is 0 Å². The summed E-state index contributed by atoms with van der Waals surface area (Å²) in [6, 6.07) is 1.78. The molecule has 0 spiro atoms. The number of aliphatic carboxylic acids is 1. The van der Waals surface area contributed by atoms with Crippen LogP contribution < -0.4 is 4.90 Å². The molecule has 1 aromatic heterocycles. The van der Waals surface area contributed by atoms with Crippen LogP contribution in [0.25, 0.3) is 0 Å². The number of carbonyl (C=O) groups is 1. The second kappa shape index (κ2) is 4.12. The SMILES string of the molecule is O=C(O)C1(c2cc(Cl)cnc2N2CCCC2)CC1. The minimum absolute atomic E-state index is 0.514. The highest BCUT2D eigenvalue weighted by Gasteiger charge is 2.54. The molecule has 18 heavy (non-hydrogen) atoms. The topological polar surface area (TPSA) is 53.4 Å². The normalized spacial score (nSPS) is 21.1. The van der Waals surface area contributed by atoms with Gasteiger partial charge in [0.15, 0.2) is 0 Å². The number of pyridine rings is 1. The van der Waals surface area contributed by atoms with Gasteiger partial charge in [0, 0.05) is 24.8 Å². The molecule has 2 aliphatic rings. The molecule has 1 aliphatic carbocycles. The molecule has 0 amide bonds. The third-order valence-electron chi connectivity index (χ3n) is 3.91. The first kappa shape index (κ1) is 11.8. The van der Waals surface area contributed by atoms with Crippen LogP contribution in [-0.2, 0) is 10.2 Å². The smallest absolute Gasteiger partial charge is 0.314 e. The molecular weight excluding hydrogens is 252 g/mol. The van der Waals surface area contributed by atoms with Crippen LogP contribution in [0.3, 0.4) is 0 Å². The van der Waals surface area contributed by atoms with Crippen LogP contribution in [0.1, 0.15) is 31.2 Å². The molecule has 2 fully saturated rings. The molecule has 1 N–H and O–H groups in total. The summed E-state index contributed by atoms with van der Waals surface area (Å²) < 4.78 is 0. The van der Waals surface area contributed by atoms with Crippen molar-refractivity contribution in [3.05, 3.63) is 22.8 Å². The summed E-state index contributed by atoms with van der Waals surface area (Å²) in [7, 11) is 0. The van der Waals surface area contributed by atoms with E-state index in [1.807, 2.05) is 0 Å². The van der Waals surface area contributed by atoms with Gasteiger partial charge >= 0.3 is 5.97 Å². The molecule has 0 unspecified atom stereocenters. The summed E-state index contributed by atoms with van der Waals surface area (Å²) in [5.41, 5.74) is 0.0555. The lowest BCUT2D eigenvalue weighted by molar-refractivity contribution is -0.140. The Labute approximate surface area is 111 Å². The molecule has 96 valence electrons. The fraction of sp³-hybridized carbons (Fsp3) is 0.538. The first-order chi connectivity index (χ1) is 8.63. The monoisotopic (exact) mass is 266 g/mol. The minimum atomic E-state index is -0.757. The van der Waals surface area contributed by atoms with Crippen molar-refractivity contribution in [1.82, 2.24) is 4.98 Å². The summed E-state index contributed by atoms with van der Waals surface area (Å²) in [4.78, 5) is 18.0. The third kappa shape index (κ3) is 1.75. The molecule has 0 atom stereocenters. The van der Waals surface area contributed by atoms with Gasteiger partial charge in [-0.1, -0.05) is 11.6 Å². The number of aromatic nitrogens is 1. The highest BCUT2D eigenvalue weighted by molar-refractivity contribution is 6.30. The first-order valence-corrected chi connectivity index (χ1v) is 6.66. The Morgan fingerprint density at radius 2 is 2.06 bits per heavy atom. The van der Waals surface area contributed by atoms with E-state index in [2.05, 4.69) is 9.88 Å². The number of carboxylic acid groups (broad SMARTS) is 1. The van der Waals surface area contributed by atoms with Crippen molar-refractivity contribution in [3.8, 4) is 0 Å². The van der Waals surface area contributed by atoms with Gasteiger partial charge in [0.1, 0.15) is 5.82 Å².